The third-order valence-electron chi connectivity index (χ3n) is 2.63. The average molecular weight is 261 g/mol. The summed E-state index contributed by atoms with van der Waals surface area (Å²) < 4.78 is 10.4. The summed E-state index contributed by atoms with van der Waals surface area (Å²) in [4.78, 5) is 0. The molecule has 0 aliphatic heterocycles. The van der Waals surface area contributed by atoms with Crippen LogP contribution in [0.25, 0.3) is 0 Å². The summed E-state index contributed by atoms with van der Waals surface area (Å²) in [7, 11) is 3.14. The Morgan fingerprint density at radius 1 is 1.26 bits per heavy atom. The van der Waals surface area contributed by atoms with Crippen molar-refractivity contribution in [3.63, 3.8) is 0 Å². The molecule has 0 spiro atoms. The van der Waals surface area contributed by atoms with E-state index in [1.54, 1.807) is 26.4 Å². The third kappa shape index (κ3) is 4.22. The van der Waals surface area contributed by atoms with Crippen molar-refractivity contribution < 1.29 is 14.7 Å². The molecule has 19 heavy (non-hydrogen) atoms. The molecule has 0 radical (unpaired) electrons. The molecule has 0 heterocycles. The molecule has 0 amide bonds. The first-order valence-corrected chi connectivity index (χ1v) is 6.19. The molecule has 0 saturated carbocycles. The molecule has 0 aromatic heterocycles. The minimum atomic E-state index is 0.580. The third-order valence-corrected chi connectivity index (χ3v) is 2.63. The van der Waals surface area contributed by atoms with Gasteiger partial charge in [0.2, 0.25) is 0 Å². The molecule has 4 nitrogen and oxygen atoms in total. The summed E-state index contributed by atoms with van der Waals surface area (Å²) >= 11 is 0. The van der Waals surface area contributed by atoms with Gasteiger partial charge in [0.15, 0.2) is 11.5 Å². The van der Waals surface area contributed by atoms with Crippen LogP contribution in [-0.2, 0) is 0 Å². The summed E-state index contributed by atoms with van der Waals surface area (Å²) in [5.41, 5.74) is 1.45. The minimum Gasteiger partial charge on any atom is -0.493 e. The predicted molar refractivity (Wildman–Crippen MR) is 75.3 cm³/mol. The van der Waals surface area contributed by atoms with Gasteiger partial charge in [-0.05, 0) is 12.5 Å². The molecular formula is C15H19NO3. The first-order valence-electron chi connectivity index (χ1n) is 6.19. The van der Waals surface area contributed by atoms with Crippen LogP contribution in [0.3, 0.4) is 0 Å². The van der Waals surface area contributed by atoms with Crippen molar-refractivity contribution in [1.29, 1.82) is 0 Å². The average Bonchev–Trinajstić information content (AvgIpc) is 2.44. The van der Waals surface area contributed by atoms with Gasteiger partial charge in [-0.15, -0.1) is 0 Å². The maximum atomic E-state index is 8.69. The molecule has 0 fully saturated rings. The summed E-state index contributed by atoms with van der Waals surface area (Å²) in [5.74, 6) is 7.36. The van der Waals surface area contributed by atoms with Crippen LogP contribution in [0, 0.1) is 11.8 Å². The van der Waals surface area contributed by atoms with Crippen molar-refractivity contribution in [3.8, 4) is 23.3 Å². The maximum Gasteiger partial charge on any atom is 0.162 e. The monoisotopic (exact) mass is 261 g/mol. The second-order valence-electron chi connectivity index (χ2n) is 3.94. The topological polar surface area (TPSA) is 51.0 Å². The van der Waals surface area contributed by atoms with Gasteiger partial charge in [0.25, 0.3) is 0 Å². The standard InChI is InChI=1S/C15H19NO3/c1-4-5-6-7-8-12-9-14(18-2)15(19-3)10-13(12)11-16-17/h9-11,17H,4-6H2,1-3H3/b16-11+. The highest BCUT2D eigenvalue weighted by Crippen LogP contribution is 2.29. The summed E-state index contributed by atoms with van der Waals surface area (Å²) in [5, 5.41) is 11.7. The van der Waals surface area contributed by atoms with Gasteiger partial charge in [0.05, 0.1) is 20.4 Å². The van der Waals surface area contributed by atoms with Crippen molar-refractivity contribution in [2.45, 2.75) is 26.2 Å². The summed E-state index contributed by atoms with van der Waals surface area (Å²) in [6, 6.07) is 3.52. The lowest BCUT2D eigenvalue weighted by atomic mass is 10.1. The molecule has 0 unspecified atom stereocenters. The minimum absolute atomic E-state index is 0.580. The van der Waals surface area contributed by atoms with Crippen LogP contribution < -0.4 is 9.47 Å². The molecule has 4 heteroatoms. The largest absolute Gasteiger partial charge is 0.493 e. The molecule has 0 bridgehead atoms. The van der Waals surface area contributed by atoms with Crippen molar-refractivity contribution >= 4 is 6.21 Å². The van der Waals surface area contributed by atoms with E-state index in [-0.39, 0.29) is 0 Å². The van der Waals surface area contributed by atoms with Crippen LogP contribution >= 0.6 is 0 Å². The molecule has 0 atom stereocenters. The highest BCUT2D eigenvalue weighted by molar-refractivity contribution is 5.84. The highest BCUT2D eigenvalue weighted by atomic mass is 16.5. The van der Waals surface area contributed by atoms with Gasteiger partial charge in [-0.3, -0.25) is 0 Å². The molecule has 1 aromatic rings. The highest BCUT2D eigenvalue weighted by Gasteiger charge is 2.08. The molecule has 0 aliphatic rings. The first kappa shape index (κ1) is 14.9. The fourth-order valence-electron chi connectivity index (χ4n) is 1.59. The van der Waals surface area contributed by atoms with Crippen LogP contribution in [0.2, 0.25) is 0 Å². The van der Waals surface area contributed by atoms with Crippen molar-refractivity contribution in [2.24, 2.45) is 5.16 Å². The molecule has 1 rings (SSSR count). The van der Waals surface area contributed by atoms with Gasteiger partial charge in [0.1, 0.15) is 0 Å². The Morgan fingerprint density at radius 2 is 1.95 bits per heavy atom. The van der Waals surface area contributed by atoms with E-state index in [2.05, 4.69) is 23.9 Å². The fourth-order valence-corrected chi connectivity index (χ4v) is 1.59. The number of rotatable bonds is 5. The molecule has 102 valence electrons. The number of methoxy groups -OCH3 is 2. The SMILES string of the molecule is CCCCC#Cc1cc(OC)c(OC)cc1/C=N/O. The molecule has 1 N–H and O–H groups in total. The van der Waals surface area contributed by atoms with E-state index in [0.29, 0.717) is 17.1 Å². The summed E-state index contributed by atoms with van der Waals surface area (Å²) in [6.45, 7) is 2.13. The second-order valence-corrected chi connectivity index (χ2v) is 3.94. The predicted octanol–water partition coefficient (Wildman–Crippen LogP) is 3.05. The zero-order valence-electron chi connectivity index (χ0n) is 11.6. The number of ether oxygens (including phenoxy) is 2. The lowest BCUT2D eigenvalue weighted by molar-refractivity contribution is 0.321. The van der Waals surface area contributed by atoms with Crippen LogP contribution in [0.1, 0.15) is 37.3 Å². The Kier molecular flexibility index (Phi) is 6.31. The van der Waals surface area contributed by atoms with Crippen molar-refractivity contribution in [2.75, 3.05) is 14.2 Å². The van der Waals surface area contributed by atoms with E-state index in [9.17, 15) is 0 Å². The second kappa shape index (κ2) is 8.04. The Balaban J connectivity index is 3.14. The van der Waals surface area contributed by atoms with Crippen molar-refractivity contribution in [3.05, 3.63) is 23.3 Å². The van der Waals surface area contributed by atoms with E-state index in [1.807, 2.05) is 0 Å². The molecular weight excluding hydrogens is 242 g/mol. The Hall–Kier alpha value is -2.15. The Morgan fingerprint density at radius 3 is 2.53 bits per heavy atom. The van der Waals surface area contributed by atoms with Crippen LogP contribution in [0.15, 0.2) is 17.3 Å². The molecule has 0 saturated heterocycles. The van der Waals surface area contributed by atoms with E-state index < -0.39 is 0 Å². The van der Waals surface area contributed by atoms with Gasteiger partial charge >= 0.3 is 0 Å². The van der Waals surface area contributed by atoms with Gasteiger partial charge < -0.3 is 14.7 Å². The van der Waals surface area contributed by atoms with Crippen LogP contribution in [-0.4, -0.2) is 25.6 Å². The number of oxime groups is 1. The van der Waals surface area contributed by atoms with Crippen molar-refractivity contribution in [1.82, 2.24) is 0 Å². The lowest BCUT2D eigenvalue weighted by Crippen LogP contribution is -1.96. The number of benzene rings is 1. The van der Waals surface area contributed by atoms with Crippen LogP contribution in [0.5, 0.6) is 11.5 Å². The quantitative estimate of drug-likeness (QED) is 0.291. The maximum absolute atomic E-state index is 8.69. The zero-order valence-corrected chi connectivity index (χ0v) is 11.6. The Bertz CT molecular complexity index is 498. The lowest BCUT2D eigenvalue weighted by Gasteiger charge is -2.09. The number of hydrogen-bond donors (Lipinski definition) is 1. The Labute approximate surface area is 114 Å². The van der Waals surface area contributed by atoms with E-state index in [4.69, 9.17) is 14.7 Å². The number of nitrogens with zero attached hydrogens (tertiary/aromatic N) is 1. The van der Waals surface area contributed by atoms with Gasteiger partial charge in [-0.25, -0.2) is 0 Å². The first-order chi connectivity index (χ1) is 9.26. The van der Waals surface area contributed by atoms with Gasteiger partial charge in [-0.1, -0.05) is 30.3 Å². The zero-order chi connectivity index (χ0) is 14.1. The van der Waals surface area contributed by atoms with Gasteiger partial charge in [-0.2, -0.15) is 0 Å². The molecule has 0 aliphatic carbocycles. The smallest absolute Gasteiger partial charge is 0.162 e. The fraction of sp³-hybridized carbons (Fsp3) is 0.400. The number of hydrogen-bond acceptors (Lipinski definition) is 4. The van der Waals surface area contributed by atoms with Crippen LogP contribution in [0.4, 0.5) is 0 Å². The molecule has 1 aromatic carbocycles. The van der Waals surface area contributed by atoms with Gasteiger partial charge in [0, 0.05) is 23.6 Å². The van der Waals surface area contributed by atoms with E-state index in [1.165, 1.54) is 6.21 Å². The normalized spacial score (nSPS) is 10.1. The van der Waals surface area contributed by atoms with E-state index in [0.717, 1.165) is 24.8 Å². The summed E-state index contributed by atoms with van der Waals surface area (Å²) in [6.07, 6.45) is 4.38. The number of unbranched alkanes of at least 4 members (excludes halogenated alkanes) is 2. The van der Waals surface area contributed by atoms with E-state index >= 15 is 0 Å².